The van der Waals surface area contributed by atoms with Gasteiger partial charge in [-0.05, 0) is 25.1 Å². The van der Waals surface area contributed by atoms with Gasteiger partial charge in [-0.25, -0.2) is 8.78 Å². The molecule has 0 unspecified atom stereocenters. The van der Waals surface area contributed by atoms with Gasteiger partial charge in [0, 0.05) is 6.42 Å². The first-order valence-electron chi connectivity index (χ1n) is 4.72. The van der Waals surface area contributed by atoms with Gasteiger partial charge in [-0.15, -0.1) is 0 Å². The highest BCUT2D eigenvalue weighted by atomic mass is 19.3. The molecule has 0 aliphatic rings. The Labute approximate surface area is 92.4 Å². The Morgan fingerprint density at radius 1 is 1.50 bits per heavy atom. The summed E-state index contributed by atoms with van der Waals surface area (Å²) in [7, 11) is 0. The van der Waals surface area contributed by atoms with Gasteiger partial charge in [0.05, 0.1) is 23.9 Å². The van der Waals surface area contributed by atoms with E-state index in [1.165, 1.54) is 18.2 Å². The Morgan fingerprint density at radius 2 is 2.19 bits per heavy atom. The Kier molecular flexibility index (Phi) is 3.67. The predicted octanol–water partition coefficient (Wildman–Crippen LogP) is 2.56. The van der Waals surface area contributed by atoms with Crippen LogP contribution in [0.5, 0.6) is 5.75 Å². The molecule has 0 amide bonds. The topological polar surface area (TPSA) is 59.0 Å². The first-order valence-corrected chi connectivity index (χ1v) is 4.72. The number of nitrogen functional groups attached to an aromatic ring is 1. The van der Waals surface area contributed by atoms with E-state index in [0.29, 0.717) is 11.3 Å². The van der Waals surface area contributed by atoms with E-state index < -0.39 is 5.92 Å². The molecule has 1 aromatic carbocycles. The number of nitrogens with two attached hydrogens (primary N) is 1. The van der Waals surface area contributed by atoms with Gasteiger partial charge in [0.2, 0.25) is 5.92 Å². The van der Waals surface area contributed by atoms with Crippen molar-refractivity contribution in [2.24, 2.45) is 0 Å². The lowest BCUT2D eigenvalue weighted by Gasteiger charge is -2.12. The van der Waals surface area contributed by atoms with E-state index in [9.17, 15) is 8.78 Å². The summed E-state index contributed by atoms with van der Waals surface area (Å²) in [5.74, 6) is -2.43. The Hall–Kier alpha value is -1.83. The third-order valence-electron chi connectivity index (χ3n) is 1.94. The average molecular weight is 226 g/mol. The number of nitriles is 1. The lowest BCUT2D eigenvalue weighted by molar-refractivity contribution is 0.000928. The Balaban J connectivity index is 2.59. The molecule has 16 heavy (non-hydrogen) atoms. The maximum absolute atomic E-state index is 12.5. The molecule has 0 saturated heterocycles. The predicted molar refractivity (Wildman–Crippen MR) is 56.3 cm³/mol. The molecule has 0 aliphatic heterocycles. The zero-order valence-corrected chi connectivity index (χ0v) is 8.84. The summed E-state index contributed by atoms with van der Waals surface area (Å²) in [4.78, 5) is 0. The molecule has 0 atom stereocenters. The van der Waals surface area contributed by atoms with Crippen LogP contribution in [0.4, 0.5) is 14.5 Å². The molecule has 5 heteroatoms. The van der Waals surface area contributed by atoms with E-state index in [4.69, 9.17) is 15.7 Å². The van der Waals surface area contributed by atoms with Gasteiger partial charge in [0.25, 0.3) is 0 Å². The second-order valence-corrected chi connectivity index (χ2v) is 3.53. The van der Waals surface area contributed by atoms with Crippen molar-refractivity contribution in [1.82, 2.24) is 0 Å². The van der Waals surface area contributed by atoms with Crippen molar-refractivity contribution in [3.8, 4) is 11.8 Å². The first kappa shape index (κ1) is 12.2. The van der Waals surface area contributed by atoms with Gasteiger partial charge in [-0.3, -0.25) is 0 Å². The van der Waals surface area contributed by atoms with Crippen LogP contribution in [-0.2, 0) is 0 Å². The lowest BCUT2D eigenvalue weighted by atomic mass is 10.2. The van der Waals surface area contributed by atoms with Crippen LogP contribution in [0, 0.1) is 11.3 Å². The van der Waals surface area contributed by atoms with E-state index in [2.05, 4.69) is 0 Å². The van der Waals surface area contributed by atoms with Crippen molar-refractivity contribution in [3.05, 3.63) is 23.8 Å². The molecule has 0 heterocycles. The smallest absolute Gasteiger partial charge is 0.248 e. The summed E-state index contributed by atoms with van der Waals surface area (Å²) in [5.41, 5.74) is 6.27. The Bertz CT molecular complexity index is 407. The molecule has 0 radical (unpaired) electrons. The minimum atomic E-state index is -2.75. The van der Waals surface area contributed by atoms with E-state index in [1.807, 2.05) is 6.07 Å². The molecular formula is C11H12F2N2O. The molecule has 0 bridgehead atoms. The van der Waals surface area contributed by atoms with E-state index >= 15 is 0 Å². The van der Waals surface area contributed by atoms with Gasteiger partial charge < -0.3 is 10.5 Å². The number of halogens is 2. The highest BCUT2D eigenvalue weighted by molar-refractivity contribution is 5.56. The number of benzene rings is 1. The molecule has 2 N–H and O–H groups in total. The first-order chi connectivity index (χ1) is 7.42. The van der Waals surface area contributed by atoms with Gasteiger partial charge in [0.15, 0.2) is 0 Å². The number of hydrogen-bond donors (Lipinski definition) is 1. The summed E-state index contributed by atoms with van der Waals surface area (Å²) in [5, 5.41) is 8.59. The highest BCUT2D eigenvalue weighted by Gasteiger charge is 2.20. The molecule has 0 spiro atoms. The molecule has 0 aromatic heterocycles. The van der Waals surface area contributed by atoms with E-state index in [1.54, 1.807) is 0 Å². The van der Waals surface area contributed by atoms with Crippen LogP contribution in [0.15, 0.2) is 18.2 Å². The Morgan fingerprint density at radius 3 is 2.69 bits per heavy atom. The fourth-order valence-corrected chi connectivity index (χ4v) is 1.09. The quantitative estimate of drug-likeness (QED) is 0.802. The minimum Gasteiger partial charge on any atom is -0.491 e. The number of nitrogens with zero attached hydrogens (tertiary/aromatic N) is 1. The summed E-state index contributed by atoms with van der Waals surface area (Å²) in [6.45, 7) is 0.720. The molecule has 0 saturated carbocycles. The van der Waals surface area contributed by atoms with Crippen molar-refractivity contribution < 1.29 is 13.5 Å². The van der Waals surface area contributed by atoms with Crippen molar-refractivity contribution in [2.75, 3.05) is 12.3 Å². The van der Waals surface area contributed by atoms with Crippen LogP contribution in [0.2, 0.25) is 0 Å². The highest BCUT2D eigenvalue weighted by Crippen LogP contribution is 2.24. The molecule has 0 aliphatic carbocycles. The maximum atomic E-state index is 12.5. The molecule has 86 valence electrons. The van der Waals surface area contributed by atoms with Crippen LogP contribution >= 0.6 is 0 Å². The molecule has 1 rings (SSSR count). The van der Waals surface area contributed by atoms with Gasteiger partial charge in [-0.1, -0.05) is 0 Å². The van der Waals surface area contributed by atoms with Crippen molar-refractivity contribution in [3.63, 3.8) is 0 Å². The third kappa shape index (κ3) is 3.73. The van der Waals surface area contributed by atoms with Crippen LogP contribution < -0.4 is 10.5 Å². The fourth-order valence-electron chi connectivity index (χ4n) is 1.09. The number of anilines is 1. The van der Waals surface area contributed by atoms with Crippen LogP contribution in [0.3, 0.4) is 0 Å². The third-order valence-corrected chi connectivity index (χ3v) is 1.94. The molecule has 3 nitrogen and oxygen atoms in total. The fraction of sp³-hybridized carbons (Fsp3) is 0.364. The summed E-state index contributed by atoms with van der Waals surface area (Å²) in [6.07, 6.45) is -0.369. The van der Waals surface area contributed by atoms with E-state index in [0.717, 1.165) is 6.92 Å². The number of alkyl halides is 2. The van der Waals surface area contributed by atoms with E-state index in [-0.39, 0.29) is 18.7 Å². The molecule has 0 fully saturated rings. The van der Waals surface area contributed by atoms with Gasteiger partial charge >= 0.3 is 0 Å². The number of ether oxygens (including phenoxy) is 1. The van der Waals surface area contributed by atoms with Crippen molar-refractivity contribution in [2.45, 2.75) is 19.3 Å². The number of rotatable bonds is 4. The van der Waals surface area contributed by atoms with Gasteiger partial charge in [0.1, 0.15) is 5.75 Å². The lowest BCUT2D eigenvalue weighted by Crippen LogP contribution is -2.15. The molecule has 1 aromatic rings. The number of hydrogen-bond acceptors (Lipinski definition) is 3. The van der Waals surface area contributed by atoms with Crippen molar-refractivity contribution in [1.29, 1.82) is 5.26 Å². The van der Waals surface area contributed by atoms with Crippen molar-refractivity contribution >= 4 is 5.69 Å². The SMILES string of the molecule is CC(F)(F)CCOc1ccc(C#N)cc1N. The molecular weight excluding hydrogens is 214 g/mol. The summed E-state index contributed by atoms with van der Waals surface area (Å²) in [6, 6.07) is 6.39. The van der Waals surface area contributed by atoms with Crippen LogP contribution in [0.25, 0.3) is 0 Å². The van der Waals surface area contributed by atoms with Crippen LogP contribution in [0.1, 0.15) is 18.9 Å². The normalized spacial score (nSPS) is 10.9. The summed E-state index contributed by atoms with van der Waals surface area (Å²) < 4.78 is 30.1. The van der Waals surface area contributed by atoms with Crippen LogP contribution in [-0.4, -0.2) is 12.5 Å². The maximum Gasteiger partial charge on any atom is 0.248 e. The zero-order chi connectivity index (χ0) is 12.2. The zero-order valence-electron chi connectivity index (χ0n) is 8.84. The average Bonchev–Trinajstić information content (AvgIpc) is 2.18. The standard InChI is InChI=1S/C11H12F2N2O/c1-11(12,13)4-5-16-10-3-2-8(7-14)6-9(10)15/h2-3,6H,4-5,15H2,1H3. The monoisotopic (exact) mass is 226 g/mol. The van der Waals surface area contributed by atoms with Gasteiger partial charge in [-0.2, -0.15) is 5.26 Å². The second kappa shape index (κ2) is 4.79. The summed E-state index contributed by atoms with van der Waals surface area (Å²) >= 11 is 0. The largest absolute Gasteiger partial charge is 0.491 e. The second-order valence-electron chi connectivity index (χ2n) is 3.53. The minimum absolute atomic E-state index is 0.112.